The minimum absolute atomic E-state index is 0.594. The van der Waals surface area contributed by atoms with Gasteiger partial charge in [-0.3, -0.25) is 0 Å². The number of halogens is 1. The number of aromatic nitrogens is 2. The van der Waals surface area contributed by atoms with E-state index in [9.17, 15) is 0 Å². The lowest BCUT2D eigenvalue weighted by atomic mass is 10.1. The summed E-state index contributed by atoms with van der Waals surface area (Å²) in [5.41, 5.74) is 7.33. The van der Waals surface area contributed by atoms with Gasteiger partial charge in [0.1, 0.15) is 0 Å². The van der Waals surface area contributed by atoms with E-state index in [1.54, 1.807) is 0 Å². The van der Waals surface area contributed by atoms with Crippen molar-refractivity contribution in [3.8, 4) is 11.3 Å². The molecule has 2 aromatic rings. The summed E-state index contributed by atoms with van der Waals surface area (Å²) in [6.45, 7) is 1.35. The summed E-state index contributed by atoms with van der Waals surface area (Å²) in [5, 5.41) is 9.10. The second kappa shape index (κ2) is 5.80. The van der Waals surface area contributed by atoms with Crippen LogP contribution in [-0.4, -0.2) is 30.3 Å². The standard InChI is InChI=1S/C13H15ClN4/c1-18(9-8-15)13-7-6-12(16-17-13)10-2-4-11(14)5-3-10/h2-7H,8-9,15H2,1H3. The third-order valence-corrected chi connectivity index (χ3v) is 2.90. The molecule has 18 heavy (non-hydrogen) atoms. The molecule has 94 valence electrons. The third-order valence-electron chi connectivity index (χ3n) is 2.65. The molecule has 0 amide bonds. The van der Waals surface area contributed by atoms with Gasteiger partial charge in [-0.2, -0.15) is 0 Å². The average molecular weight is 263 g/mol. The molecule has 2 rings (SSSR count). The molecule has 0 aliphatic carbocycles. The van der Waals surface area contributed by atoms with Crippen LogP contribution in [0.2, 0.25) is 5.02 Å². The van der Waals surface area contributed by atoms with E-state index in [4.69, 9.17) is 17.3 Å². The van der Waals surface area contributed by atoms with Crippen molar-refractivity contribution in [1.82, 2.24) is 10.2 Å². The molecule has 0 spiro atoms. The Bertz CT molecular complexity index is 495. The van der Waals surface area contributed by atoms with Gasteiger partial charge < -0.3 is 10.6 Å². The predicted molar refractivity (Wildman–Crippen MR) is 74.8 cm³/mol. The fourth-order valence-electron chi connectivity index (χ4n) is 1.61. The lowest BCUT2D eigenvalue weighted by molar-refractivity contribution is 0.848. The maximum atomic E-state index is 5.85. The van der Waals surface area contributed by atoms with Crippen LogP contribution in [0.1, 0.15) is 0 Å². The first-order chi connectivity index (χ1) is 8.70. The number of nitrogens with two attached hydrogens (primary N) is 1. The number of hydrogen-bond acceptors (Lipinski definition) is 4. The lowest BCUT2D eigenvalue weighted by Gasteiger charge is -2.16. The van der Waals surface area contributed by atoms with E-state index in [2.05, 4.69) is 10.2 Å². The van der Waals surface area contributed by atoms with Gasteiger partial charge in [-0.1, -0.05) is 23.7 Å². The fraction of sp³-hybridized carbons (Fsp3) is 0.231. The Morgan fingerprint density at radius 1 is 1.11 bits per heavy atom. The highest BCUT2D eigenvalue weighted by Gasteiger charge is 2.04. The molecule has 0 aliphatic rings. The number of hydrogen-bond donors (Lipinski definition) is 1. The Kier molecular flexibility index (Phi) is 4.12. The minimum atomic E-state index is 0.594. The van der Waals surface area contributed by atoms with Gasteiger partial charge in [0.05, 0.1) is 5.69 Å². The van der Waals surface area contributed by atoms with Crippen LogP contribution in [0.4, 0.5) is 5.82 Å². The molecular formula is C13H15ClN4. The molecule has 1 aromatic heterocycles. The number of benzene rings is 1. The smallest absolute Gasteiger partial charge is 0.151 e. The zero-order chi connectivity index (χ0) is 13.0. The van der Waals surface area contributed by atoms with Crippen LogP contribution in [0.15, 0.2) is 36.4 Å². The van der Waals surface area contributed by atoms with E-state index in [0.717, 1.165) is 23.6 Å². The maximum absolute atomic E-state index is 5.85. The van der Waals surface area contributed by atoms with E-state index in [1.165, 1.54) is 0 Å². The molecule has 2 N–H and O–H groups in total. The molecule has 5 heteroatoms. The number of likely N-dealkylation sites (N-methyl/N-ethyl adjacent to an activating group) is 1. The van der Waals surface area contributed by atoms with E-state index in [-0.39, 0.29) is 0 Å². The lowest BCUT2D eigenvalue weighted by Crippen LogP contribution is -2.25. The molecule has 0 saturated carbocycles. The van der Waals surface area contributed by atoms with E-state index in [0.29, 0.717) is 11.6 Å². The van der Waals surface area contributed by atoms with E-state index < -0.39 is 0 Å². The molecule has 0 unspecified atom stereocenters. The molecule has 0 radical (unpaired) electrons. The number of rotatable bonds is 4. The van der Waals surface area contributed by atoms with E-state index in [1.807, 2.05) is 48.3 Å². The summed E-state index contributed by atoms with van der Waals surface area (Å²) in [5.74, 6) is 0.818. The SMILES string of the molecule is CN(CCN)c1ccc(-c2ccc(Cl)cc2)nn1. The number of nitrogens with zero attached hydrogens (tertiary/aromatic N) is 3. The third kappa shape index (κ3) is 2.97. The van der Waals surface area contributed by atoms with Crippen LogP contribution in [0.5, 0.6) is 0 Å². The largest absolute Gasteiger partial charge is 0.357 e. The summed E-state index contributed by atoms with van der Waals surface area (Å²) in [7, 11) is 1.94. The van der Waals surface area contributed by atoms with Crippen molar-refractivity contribution in [2.75, 3.05) is 25.0 Å². The molecule has 0 fully saturated rings. The summed E-state index contributed by atoms with van der Waals surface area (Å²) >= 11 is 5.85. The van der Waals surface area contributed by atoms with Crippen molar-refractivity contribution in [1.29, 1.82) is 0 Å². The monoisotopic (exact) mass is 262 g/mol. The second-order valence-corrected chi connectivity index (χ2v) is 4.43. The molecule has 0 aliphatic heterocycles. The topological polar surface area (TPSA) is 55.0 Å². The summed E-state index contributed by atoms with van der Waals surface area (Å²) in [4.78, 5) is 1.97. The highest BCUT2D eigenvalue weighted by atomic mass is 35.5. The van der Waals surface area contributed by atoms with Gasteiger partial charge in [0, 0.05) is 30.7 Å². The normalized spacial score (nSPS) is 10.4. The zero-order valence-electron chi connectivity index (χ0n) is 10.2. The predicted octanol–water partition coefficient (Wildman–Crippen LogP) is 2.19. The van der Waals surface area contributed by atoms with Gasteiger partial charge in [0.25, 0.3) is 0 Å². The van der Waals surface area contributed by atoms with Gasteiger partial charge >= 0.3 is 0 Å². The maximum Gasteiger partial charge on any atom is 0.151 e. The molecule has 0 bridgehead atoms. The van der Waals surface area contributed by atoms with Crippen molar-refractivity contribution in [3.05, 3.63) is 41.4 Å². The van der Waals surface area contributed by atoms with Crippen molar-refractivity contribution in [2.24, 2.45) is 5.73 Å². The first-order valence-electron chi connectivity index (χ1n) is 5.71. The Morgan fingerprint density at radius 3 is 2.39 bits per heavy atom. The van der Waals surface area contributed by atoms with Crippen molar-refractivity contribution >= 4 is 17.4 Å². The molecule has 0 saturated heterocycles. The van der Waals surface area contributed by atoms with Crippen molar-refractivity contribution in [2.45, 2.75) is 0 Å². The number of anilines is 1. The van der Waals surface area contributed by atoms with Gasteiger partial charge in [0.2, 0.25) is 0 Å². The molecule has 1 heterocycles. The minimum Gasteiger partial charge on any atom is -0.357 e. The van der Waals surface area contributed by atoms with Crippen LogP contribution in [0.3, 0.4) is 0 Å². The summed E-state index contributed by atoms with van der Waals surface area (Å²) < 4.78 is 0. The Hall–Kier alpha value is -1.65. The molecule has 0 atom stereocenters. The highest BCUT2D eigenvalue weighted by molar-refractivity contribution is 6.30. The molecule has 1 aromatic carbocycles. The first kappa shape index (κ1) is 12.8. The van der Waals surface area contributed by atoms with Crippen molar-refractivity contribution in [3.63, 3.8) is 0 Å². The first-order valence-corrected chi connectivity index (χ1v) is 6.09. The van der Waals surface area contributed by atoms with Crippen LogP contribution in [0, 0.1) is 0 Å². The van der Waals surface area contributed by atoms with Crippen LogP contribution in [0.25, 0.3) is 11.3 Å². The van der Waals surface area contributed by atoms with Crippen molar-refractivity contribution < 1.29 is 0 Å². The van der Waals surface area contributed by atoms with Gasteiger partial charge in [-0.25, -0.2) is 0 Å². The van der Waals surface area contributed by atoms with Gasteiger partial charge in [0.15, 0.2) is 5.82 Å². The van der Waals surface area contributed by atoms with Gasteiger partial charge in [-0.05, 0) is 24.3 Å². The summed E-state index contributed by atoms with van der Waals surface area (Å²) in [6.07, 6.45) is 0. The molecular weight excluding hydrogens is 248 g/mol. The highest BCUT2D eigenvalue weighted by Crippen LogP contribution is 2.20. The summed E-state index contributed by atoms with van der Waals surface area (Å²) in [6, 6.07) is 11.4. The Morgan fingerprint density at radius 2 is 1.83 bits per heavy atom. The Labute approximate surface area is 111 Å². The van der Waals surface area contributed by atoms with Crippen LogP contribution < -0.4 is 10.6 Å². The van der Waals surface area contributed by atoms with Gasteiger partial charge in [-0.15, -0.1) is 10.2 Å². The van der Waals surface area contributed by atoms with E-state index >= 15 is 0 Å². The quantitative estimate of drug-likeness (QED) is 0.918. The second-order valence-electron chi connectivity index (χ2n) is 3.99. The fourth-order valence-corrected chi connectivity index (χ4v) is 1.74. The average Bonchev–Trinajstić information content (AvgIpc) is 2.40. The zero-order valence-corrected chi connectivity index (χ0v) is 10.9. The molecule has 4 nitrogen and oxygen atoms in total. The van der Waals surface area contributed by atoms with Crippen LogP contribution in [-0.2, 0) is 0 Å². The van der Waals surface area contributed by atoms with Crippen LogP contribution >= 0.6 is 11.6 Å². The Balaban J connectivity index is 2.19.